The van der Waals surface area contributed by atoms with Crippen molar-refractivity contribution in [1.82, 2.24) is 0 Å². The largest absolute Gasteiger partial charge is 0.486 e. The molecule has 17 heavy (non-hydrogen) atoms. The van der Waals surface area contributed by atoms with Crippen LogP contribution in [0.15, 0.2) is 23.2 Å². The SMILES string of the molecule is CC(C)C1=Nc2cc(OC3COC3)ccc2C1. The zero-order valence-electron chi connectivity index (χ0n) is 10.3. The summed E-state index contributed by atoms with van der Waals surface area (Å²) in [4.78, 5) is 4.67. The molecule has 3 rings (SSSR count). The van der Waals surface area contributed by atoms with Gasteiger partial charge in [0.2, 0.25) is 0 Å². The van der Waals surface area contributed by atoms with E-state index in [9.17, 15) is 0 Å². The van der Waals surface area contributed by atoms with Gasteiger partial charge in [-0.2, -0.15) is 0 Å². The van der Waals surface area contributed by atoms with Crippen molar-refractivity contribution in [3.05, 3.63) is 23.8 Å². The summed E-state index contributed by atoms with van der Waals surface area (Å²) in [7, 11) is 0. The lowest BCUT2D eigenvalue weighted by Crippen LogP contribution is -2.38. The Kier molecular flexibility index (Phi) is 2.63. The molecule has 2 aliphatic heterocycles. The molecule has 0 N–H and O–H groups in total. The highest BCUT2D eigenvalue weighted by molar-refractivity contribution is 5.95. The average molecular weight is 231 g/mol. The van der Waals surface area contributed by atoms with E-state index in [1.54, 1.807) is 0 Å². The van der Waals surface area contributed by atoms with Crippen LogP contribution < -0.4 is 4.74 Å². The van der Waals surface area contributed by atoms with Crippen molar-refractivity contribution in [2.24, 2.45) is 10.9 Å². The first-order valence-corrected chi connectivity index (χ1v) is 6.17. The smallest absolute Gasteiger partial charge is 0.145 e. The number of benzene rings is 1. The molecule has 90 valence electrons. The highest BCUT2D eigenvalue weighted by Gasteiger charge is 2.22. The third-order valence-electron chi connectivity index (χ3n) is 3.27. The molecule has 1 aromatic carbocycles. The summed E-state index contributed by atoms with van der Waals surface area (Å²) < 4.78 is 10.9. The van der Waals surface area contributed by atoms with Crippen LogP contribution in [0.25, 0.3) is 0 Å². The van der Waals surface area contributed by atoms with E-state index in [0.29, 0.717) is 19.1 Å². The van der Waals surface area contributed by atoms with E-state index < -0.39 is 0 Å². The molecule has 0 spiro atoms. The number of nitrogens with zero attached hydrogens (tertiary/aromatic N) is 1. The van der Waals surface area contributed by atoms with E-state index in [1.165, 1.54) is 11.3 Å². The van der Waals surface area contributed by atoms with Gasteiger partial charge in [0.1, 0.15) is 11.9 Å². The first kappa shape index (κ1) is 10.8. The molecular formula is C14H17NO2. The standard InChI is InChI=1S/C14H17NO2/c1-9(2)13-5-10-3-4-11(6-14(10)15-13)17-12-7-16-8-12/h3-4,6,9,12H,5,7-8H2,1-2H3. The van der Waals surface area contributed by atoms with Gasteiger partial charge in [-0.1, -0.05) is 19.9 Å². The Morgan fingerprint density at radius 3 is 2.82 bits per heavy atom. The number of ether oxygens (including phenoxy) is 2. The van der Waals surface area contributed by atoms with Gasteiger partial charge in [0.05, 0.1) is 18.9 Å². The molecule has 0 bridgehead atoms. The number of hydrogen-bond donors (Lipinski definition) is 0. The second kappa shape index (κ2) is 4.15. The summed E-state index contributed by atoms with van der Waals surface area (Å²) in [6, 6.07) is 6.21. The van der Waals surface area contributed by atoms with Crippen LogP contribution in [-0.4, -0.2) is 25.0 Å². The fraction of sp³-hybridized carbons (Fsp3) is 0.500. The molecule has 1 fully saturated rings. The van der Waals surface area contributed by atoms with E-state index in [-0.39, 0.29) is 6.10 Å². The van der Waals surface area contributed by atoms with Gasteiger partial charge < -0.3 is 9.47 Å². The van der Waals surface area contributed by atoms with Gasteiger partial charge in [-0.05, 0) is 17.5 Å². The average Bonchev–Trinajstić information content (AvgIpc) is 2.66. The predicted octanol–water partition coefficient (Wildman–Crippen LogP) is 2.75. The van der Waals surface area contributed by atoms with Crippen LogP contribution in [0.1, 0.15) is 19.4 Å². The van der Waals surface area contributed by atoms with Crippen molar-refractivity contribution in [1.29, 1.82) is 0 Å². The second-order valence-corrected chi connectivity index (χ2v) is 5.00. The maximum Gasteiger partial charge on any atom is 0.145 e. The van der Waals surface area contributed by atoms with Gasteiger partial charge in [-0.25, -0.2) is 0 Å². The molecule has 0 atom stereocenters. The van der Waals surface area contributed by atoms with E-state index in [2.05, 4.69) is 24.9 Å². The van der Waals surface area contributed by atoms with Gasteiger partial charge in [0, 0.05) is 18.2 Å². The van der Waals surface area contributed by atoms with Gasteiger partial charge in [-0.15, -0.1) is 0 Å². The minimum absolute atomic E-state index is 0.225. The van der Waals surface area contributed by atoms with Crippen molar-refractivity contribution in [3.63, 3.8) is 0 Å². The first-order valence-electron chi connectivity index (χ1n) is 6.17. The molecule has 0 unspecified atom stereocenters. The third kappa shape index (κ3) is 2.07. The summed E-state index contributed by atoms with van der Waals surface area (Å²) in [5.74, 6) is 1.43. The molecule has 1 aromatic rings. The summed E-state index contributed by atoms with van der Waals surface area (Å²) in [5.41, 5.74) is 3.65. The second-order valence-electron chi connectivity index (χ2n) is 5.00. The Bertz CT molecular complexity index is 461. The predicted molar refractivity (Wildman–Crippen MR) is 67.3 cm³/mol. The minimum Gasteiger partial charge on any atom is -0.486 e. The molecule has 0 aliphatic carbocycles. The molecule has 0 saturated carbocycles. The zero-order valence-corrected chi connectivity index (χ0v) is 10.3. The molecule has 3 nitrogen and oxygen atoms in total. The highest BCUT2D eigenvalue weighted by Crippen LogP contribution is 2.32. The molecule has 2 heterocycles. The van der Waals surface area contributed by atoms with E-state index in [1.807, 2.05) is 12.1 Å². The fourth-order valence-corrected chi connectivity index (χ4v) is 2.07. The van der Waals surface area contributed by atoms with Crippen molar-refractivity contribution < 1.29 is 9.47 Å². The molecule has 2 aliphatic rings. The van der Waals surface area contributed by atoms with Gasteiger partial charge in [-0.3, -0.25) is 4.99 Å². The Hall–Kier alpha value is -1.35. The van der Waals surface area contributed by atoms with Crippen molar-refractivity contribution >= 4 is 11.4 Å². The summed E-state index contributed by atoms with van der Waals surface area (Å²) in [5, 5.41) is 0. The Balaban J connectivity index is 1.79. The van der Waals surface area contributed by atoms with E-state index >= 15 is 0 Å². The van der Waals surface area contributed by atoms with Crippen LogP contribution in [0.5, 0.6) is 5.75 Å². The molecule has 3 heteroatoms. The van der Waals surface area contributed by atoms with Crippen molar-refractivity contribution in [2.45, 2.75) is 26.4 Å². The maximum atomic E-state index is 5.78. The van der Waals surface area contributed by atoms with Crippen molar-refractivity contribution in [3.8, 4) is 5.75 Å². The zero-order chi connectivity index (χ0) is 11.8. The Morgan fingerprint density at radius 2 is 2.18 bits per heavy atom. The monoisotopic (exact) mass is 231 g/mol. The maximum absolute atomic E-state index is 5.78. The normalized spacial score (nSPS) is 18.9. The lowest BCUT2D eigenvalue weighted by molar-refractivity contribution is -0.0796. The molecular weight excluding hydrogens is 214 g/mol. The number of fused-ring (bicyclic) bond motifs is 1. The van der Waals surface area contributed by atoms with Gasteiger partial charge >= 0.3 is 0 Å². The molecule has 1 saturated heterocycles. The van der Waals surface area contributed by atoms with E-state index in [4.69, 9.17) is 9.47 Å². The van der Waals surface area contributed by atoms with Crippen LogP contribution in [0.2, 0.25) is 0 Å². The fourth-order valence-electron chi connectivity index (χ4n) is 2.07. The van der Waals surface area contributed by atoms with Gasteiger partial charge in [0.15, 0.2) is 0 Å². The quantitative estimate of drug-likeness (QED) is 0.800. The van der Waals surface area contributed by atoms with Crippen LogP contribution in [0, 0.1) is 5.92 Å². The lowest BCUT2D eigenvalue weighted by Gasteiger charge is -2.26. The summed E-state index contributed by atoms with van der Waals surface area (Å²) in [6.45, 7) is 5.79. The van der Waals surface area contributed by atoms with Crippen LogP contribution in [0.3, 0.4) is 0 Å². The van der Waals surface area contributed by atoms with Crippen LogP contribution in [-0.2, 0) is 11.2 Å². The van der Waals surface area contributed by atoms with Gasteiger partial charge in [0.25, 0.3) is 0 Å². The van der Waals surface area contributed by atoms with Crippen molar-refractivity contribution in [2.75, 3.05) is 13.2 Å². The third-order valence-corrected chi connectivity index (χ3v) is 3.27. The molecule has 0 amide bonds. The Morgan fingerprint density at radius 1 is 1.35 bits per heavy atom. The molecule has 0 aromatic heterocycles. The lowest BCUT2D eigenvalue weighted by atomic mass is 10.0. The number of hydrogen-bond acceptors (Lipinski definition) is 3. The van der Waals surface area contributed by atoms with Crippen LogP contribution >= 0.6 is 0 Å². The Labute approximate surface area is 101 Å². The van der Waals surface area contributed by atoms with Crippen LogP contribution in [0.4, 0.5) is 5.69 Å². The van der Waals surface area contributed by atoms with E-state index in [0.717, 1.165) is 17.9 Å². The number of rotatable bonds is 3. The topological polar surface area (TPSA) is 30.8 Å². The molecule has 0 radical (unpaired) electrons. The highest BCUT2D eigenvalue weighted by atomic mass is 16.6. The minimum atomic E-state index is 0.225. The first-order chi connectivity index (χ1) is 8.22. The summed E-state index contributed by atoms with van der Waals surface area (Å²) >= 11 is 0. The summed E-state index contributed by atoms with van der Waals surface area (Å²) in [6.07, 6.45) is 1.21. The number of aliphatic imine (C=N–C) groups is 1.